The number of carbonyl (C=O) groups is 2. The van der Waals surface area contributed by atoms with E-state index in [0.717, 1.165) is 0 Å². The molecule has 0 bridgehead atoms. The number of rotatable bonds is 2. The number of hydrogen-bond donors (Lipinski definition) is 2. The third kappa shape index (κ3) is 0.510. The fourth-order valence-electron chi connectivity index (χ4n) is 2.07. The van der Waals surface area contributed by atoms with Crippen molar-refractivity contribution in [1.29, 1.82) is 0 Å². The molecular weight excluding hydrogens is 160 g/mol. The molecule has 0 aromatic rings. The maximum atomic E-state index is 10.8. The number of hydrogen-bond acceptors (Lipinski definition) is 2. The van der Waals surface area contributed by atoms with E-state index in [1.807, 2.05) is 0 Å². The maximum absolute atomic E-state index is 10.8. The second-order valence-electron chi connectivity index (χ2n) is 3.45. The molecule has 0 unspecified atom stereocenters. The summed E-state index contributed by atoms with van der Waals surface area (Å²) in [6.07, 6.45) is 3.77. The summed E-state index contributed by atoms with van der Waals surface area (Å²) >= 11 is 0. The Morgan fingerprint density at radius 2 is 1.92 bits per heavy atom. The van der Waals surface area contributed by atoms with Gasteiger partial charge in [-0.2, -0.15) is 0 Å². The highest BCUT2D eigenvalue weighted by Crippen LogP contribution is 2.70. The van der Waals surface area contributed by atoms with E-state index >= 15 is 0 Å². The zero-order chi connectivity index (χ0) is 8.98. The predicted molar refractivity (Wildman–Crippen MR) is 38.5 cm³/mol. The van der Waals surface area contributed by atoms with Crippen molar-refractivity contribution in [3.63, 3.8) is 0 Å². The molecule has 0 aliphatic heterocycles. The van der Waals surface area contributed by atoms with Crippen LogP contribution in [-0.4, -0.2) is 22.2 Å². The van der Waals surface area contributed by atoms with Gasteiger partial charge in [0.25, 0.3) is 0 Å². The van der Waals surface area contributed by atoms with Gasteiger partial charge in [-0.3, -0.25) is 9.59 Å². The Morgan fingerprint density at radius 1 is 1.25 bits per heavy atom. The van der Waals surface area contributed by atoms with Crippen molar-refractivity contribution in [3.8, 4) is 0 Å². The van der Waals surface area contributed by atoms with Gasteiger partial charge in [-0.15, -0.1) is 0 Å². The lowest BCUT2D eigenvalue weighted by Gasteiger charge is -2.07. The van der Waals surface area contributed by atoms with E-state index in [4.69, 9.17) is 10.2 Å². The SMILES string of the molecule is O=C(O)[C@@]12CC=C[C@]1(C(=O)O)C2. The van der Waals surface area contributed by atoms with Crippen LogP contribution in [0.25, 0.3) is 0 Å². The second kappa shape index (κ2) is 1.71. The average Bonchev–Trinajstić information content (AvgIpc) is 2.52. The minimum atomic E-state index is -1.08. The summed E-state index contributed by atoms with van der Waals surface area (Å²) in [5, 5.41) is 17.6. The summed E-state index contributed by atoms with van der Waals surface area (Å²) in [5.41, 5.74) is -2.10. The summed E-state index contributed by atoms with van der Waals surface area (Å²) in [7, 11) is 0. The first-order valence-electron chi connectivity index (χ1n) is 3.70. The van der Waals surface area contributed by atoms with Crippen LogP contribution in [0.4, 0.5) is 0 Å². The Bertz CT molecular complexity index is 306. The summed E-state index contributed by atoms with van der Waals surface area (Å²) in [6.45, 7) is 0. The molecule has 0 heterocycles. The number of aliphatic carboxylic acids is 2. The van der Waals surface area contributed by atoms with Crippen LogP contribution in [-0.2, 0) is 9.59 Å². The van der Waals surface area contributed by atoms with Crippen LogP contribution in [0, 0.1) is 10.8 Å². The average molecular weight is 168 g/mol. The highest BCUT2D eigenvalue weighted by molar-refractivity contribution is 5.96. The van der Waals surface area contributed by atoms with Crippen molar-refractivity contribution in [2.24, 2.45) is 10.8 Å². The molecule has 0 saturated heterocycles. The molecule has 4 nitrogen and oxygen atoms in total. The second-order valence-corrected chi connectivity index (χ2v) is 3.45. The predicted octanol–water partition coefficient (Wildman–Crippen LogP) is 0.492. The standard InChI is InChI=1S/C8H8O4/c9-5(10)7-2-1-3-8(7,4-7)6(11)12/h1-2H,3-4H2,(H,9,10)(H,11,12)/t7-,8+/m1/s1. The van der Waals surface area contributed by atoms with Crippen LogP contribution in [0.15, 0.2) is 12.2 Å². The number of carboxylic acids is 2. The van der Waals surface area contributed by atoms with Crippen molar-refractivity contribution in [2.75, 3.05) is 0 Å². The Labute approximate surface area is 68.5 Å². The van der Waals surface area contributed by atoms with Gasteiger partial charge in [0, 0.05) is 0 Å². The summed E-state index contributed by atoms with van der Waals surface area (Å²) in [6, 6.07) is 0. The van der Waals surface area contributed by atoms with E-state index in [-0.39, 0.29) is 6.42 Å². The van der Waals surface area contributed by atoms with Crippen molar-refractivity contribution in [2.45, 2.75) is 12.8 Å². The number of carboxylic acid groups (broad SMARTS) is 2. The molecular formula is C8H8O4. The Morgan fingerprint density at radius 3 is 2.25 bits per heavy atom. The van der Waals surface area contributed by atoms with Crippen molar-refractivity contribution in [3.05, 3.63) is 12.2 Å². The molecule has 0 aromatic heterocycles. The van der Waals surface area contributed by atoms with Crippen LogP contribution in [0.2, 0.25) is 0 Å². The first kappa shape index (κ1) is 7.34. The summed E-state index contributed by atoms with van der Waals surface area (Å²) in [5.74, 6) is -2.01. The molecule has 2 N–H and O–H groups in total. The lowest BCUT2D eigenvalue weighted by molar-refractivity contribution is -0.151. The lowest BCUT2D eigenvalue weighted by atomic mass is 9.96. The zero-order valence-corrected chi connectivity index (χ0v) is 6.28. The third-order valence-electron chi connectivity index (χ3n) is 2.97. The maximum Gasteiger partial charge on any atom is 0.314 e. The first-order chi connectivity index (χ1) is 5.55. The van der Waals surface area contributed by atoms with E-state index in [1.165, 1.54) is 6.08 Å². The van der Waals surface area contributed by atoms with Crippen LogP contribution >= 0.6 is 0 Å². The smallest absolute Gasteiger partial charge is 0.314 e. The van der Waals surface area contributed by atoms with Gasteiger partial charge in [-0.05, 0) is 12.8 Å². The van der Waals surface area contributed by atoms with Gasteiger partial charge < -0.3 is 10.2 Å². The molecule has 12 heavy (non-hydrogen) atoms. The molecule has 2 aliphatic rings. The lowest BCUT2D eigenvalue weighted by Crippen LogP contribution is -2.24. The zero-order valence-electron chi connectivity index (χ0n) is 6.28. The van der Waals surface area contributed by atoms with Crippen LogP contribution in [0.3, 0.4) is 0 Å². The van der Waals surface area contributed by atoms with Gasteiger partial charge in [0.05, 0.1) is 5.41 Å². The van der Waals surface area contributed by atoms with Gasteiger partial charge >= 0.3 is 11.9 Å². The fraction of sp³-hybridized carbons (Fsp3) is 0.500. The summed E-state index contributed by atoms with van der Waals surface area (Å²) in [4.78, 5) is 21.5. The quantitative estimate of drug-likeness (QED) is 0.588. The monoisotopic (exact) mass is 168 g/mol. The van der Waals surface area contributed by atoms with Crippen LogP contribution < -0.4 is 0 Å². The highest BCUT2D eigenvalue weighted by atomic mass is 16.4. The molecule has 2 atom stereocenters. The highest BCUT2D eigenvalue weighted by Gasteiger charge is 2.77. The van der Waals surface area contributed by atoms with Crippen LogP contribution in [0.1, 0.15) is 12.8 Å². The molecule has 4 heteroatoms. The Balaban J connectivity index is 2.39. The third-order valence-corrected chi connectivity index (χ3v) is 2.97. The van der Waals surface area contributed by atoms with E-state index in [2.05, 4.69) is 0 Å². The summed E-state index contributed by atoms with van der Waals surface area (Å²) < 4.78 is 0. The first-order valence-corrected chi connectivity index (χ1v) is 3.70. The van der Waals surface area contributed by atoms with Gasteiger partial charge in [0.2, 0.25) is 0 Å². The Kier molecular flexibility index (Phi) is 1.04. The van der Waals surface area contributed by atoms with E-state index in [9.17, 15) is 9.59 Å². The van der Waals surface area contributed by atoms with Gasteiger partial charge in [-0.25, -0.2) is 0 Å². The molecule has 0 radical (unpaired) electrons. The van der Waals surface area contributed by atoms with E-state index in [0.29, 0.717) is 6.42 Å². The molecule has 1 fully saturated rings. The van der Waals surface area contributed by atoms with Crippen molar-refractivity contribution in [1.82, 2.24) is 0 Å². The fourth-order valence-corrected chi connectivity index (χ4v) is 2.07. The molecule has 64 valence electrons. The van der Waals surface area contributed by atoms with Crippen LogP contribution in [0.5, 0.6) is 0 Å². The van der Waals surface area contributed by atoms with Gasteiger partial charge in [0.15, 0.2) is 0 Å². The largest absolute Gasteiger partial charge is 0.481 e. The van der Waals surface area contributed by atoms with Gasteiger partial charge in [0.1, 0.15) is 5.41 Å². The molecule has 2 rings (SSSR count). The normalized spacial score (nSPS) is 42.3. The molecule has 0 spiro atoms. The van der Waals surface area contributed by atoms with E-state index in [1.54, 1.807) is 6.08 Å². The van der Waals surface area contributed by atoms with Gasteiger partial charge in [-0.1, -0.05) is 12.2 Å². The minimum absolute atomic E-state index is 0.251. The number of allylic oxidation sites excluding steroid dienone is 1. The minimum Gasteiger partial charge on any atom is -0.481 e. The van der Waals surface area contributed by atoms with Crippen molar-refractivity contribution >= 4 is 11.9 Å². The topological polar surface area (TPSA) is 74.6 Å². The van der Waals surface area contributed by atoms with Crippen molar-refractivity contribution < 1.29 is 19.8 Å². The van der Waals surface area contributed by atoms with E-state index < -0.39 is 22.8 Å². The Hall–Kier alpha value is -1.32. The number of fused-ring (bicyclic) bond motifs is 1. The molecule has 2 aliphatic carbocycles. The molecule has 0 aromatic carbocycles. The molecule has 1 saturated carbocycles. The molecule has 0 amide bonds.